The average molecular weight is 439 g/mol. The maximum absolute atomic E-state index is 12.9. The number of allylic oxidation sites excluding steroid dienone is 1. The zero-order valence-electron chi connectivity index (χ0n) is 20.0. The van der Waals surface area contributed by atoms with E-state index >= 15 is 0 Å². The Balaban J connectivity index is 1.27. The summed E-state index contributed by atoms with van der Waals surface area (Å²) in [5.41, 5.74) is 5.01. The van der Waals surface area contributed by atoms with Gasteiger partial charge in [-0.3, -0.25) is 9.69 Å². The van der Waals surface area contributed by atoms with Gasteiger partial charge in [-0.05, 0) is 44.2 Å². The van der Waals surface area contributed by atoms with Crippen LogP contribution in [0.2, 0.25) is 0 Å². The van der Waals surface area contributed by atoms with Crippen LogP contribution in [0, 0.1) is 37.0 Å². The minimum Gasteiger partial charge on any atom is -0.461 e. The van der Waals surface area contributed by atoms with Gasteiger partial charge in [0, 0.05) is 56.2 Å². The third-order valence-electron chi connectivity index (χ3n) is 9.09. The predicted molar refractivity (Wildman–Crippen MR) is 127 cm³/mol. The van der Waals surface area contributed by atoms with Crippen LogP contribution in [0.3, 0.4) is 0 Å². The highest BCUT2D eigenvalue weighted by Crippen LogP contribution is 2.56. The molecular formula is C27H38N2O3. The van der Waals surface area contributed by atoms with E-state index < -0.39 is 6.10 Å². The van der Waals surface area contributed by atoms with Crippen LogP contribution in [0.4, 0.5) is 5.69 Å². The van der Waals surface area contributed by atoms with E-state index in [-0.39, 0.29) is 29.3 Å². The second kappa shape index (κ2) is 8.18. The number of nitrogens with zero attached hydrogens (tertiary/aromatic N) is 2. The number of fused-ring (bicyclic) bond motifs is 2. The maximum atomic E-state index is 12.9. The van der Waals surface area contributed by atoms with E-state index in [0.29, 0.717) is 12.5 Å². The molecule has 174 valence electrons. The molecule has 0 spiro atoms. The van der Waals surface area contributed by atoms with Crippen LogP contribution >= 0.6 is 0 Å². The molecule has 5 heteroatoms. The molecule has 5 rings (SSSR count). The van der Waals surface area contributed by atoms with Crippen molar-refractivity contribution in [1.82, 2.24) is 4.90 Å². The van der Waals surface area contributed by atoms with Gasteiger partial charge in [-0.25, -0.2) is 0 Å². The molecule has 32 heavy (non-hydrogen) atoms. The summed E-state index contributed by atoms with van der Waals surface area (Å²) < 4.78 is 5.86. The predicted octanol–water partition coefficient (Wildman–Crippen LogP) is 3.71. The minimum absolute atomic E-state index is 0.0948. The van der Waals surface area contributed by atoms with Crippen LogP contribution < -0.4 is 4.90 Å². The summed E-state index contributed by atoms with van der Waals surface area (Å²) in [7, 11) is 0. The molecule has 2 aliphatic heterocycles. The molecule has 2 aliphatic carbocycles. The average Bonchev–Trinajstić information content (AvgIpc) is 3.06. The number of anilines is 1. The van der Waals surface area contributed by atoms with Gasteiger partial charge in [0.25, 0.3) is 0 Å². The number of piperazine rings is 1. The highest BCUT2D eigenvalue weighted by atomic mass is 16.6. The standard InChI is InChI=1S/C27H38N2O3/c1-17-8-9-22(18(2)14-17)29-12-10-28(11-13-29)16-21-24-23(32-26(21)31)15-20-7-5-6-19(3)27(20,4)25(24)30/h7-9,14,19,21,23-25,30H,5-6,10-13,15-16H2,1-4H3/t19-,21?,23-,24-,25+,27-/m1/s1. The molecule has 0 radical (unpaired) electrons. The normalized spacial score (nSPS) is 37.5. The van der Waals surface area contributed by atoms with Crippen molar-refractivity contribution in [3.05, 3.63) is 41.0 Å². The first-order valence-electron chi connectivity index (χ1n) is 12.4. The molecule has 2 heterocycles. The summed E-state index contributed by atoms with van der Waals surface area (Å²) >= 11 is 0. The summed E-state index contributed by atoms with van der Waals surface area (Å²) in [4.78, 5) is 17.8. The molecule has 1 saturated carbocycles. The van der Waals surface area contributed by atoms with Crippen molar-refractivity contribution in [3.8, 4) is 0 Å². The Morgan fingerprint density at radius 3 is 2.66 bits per heavy atom. The van der Waals surface area contributed by atoms with Gasteiger partial charge < -0.3 is 14.7 Å². The minimum atomic E-state index is -0.518. The van der Waals surface area contributed by atoms with E-state index in [1.54, 1.807) is 0 Å². The number of esters is 1. The van der Waals surface area contributed by atoms with Gasteiger partial charge >= 0.3 is 5.97 Å². The molecule has 3 fully saturated rings. The second-order valence-electron chi connectivity index (χ2n) is 10.9. The van der Waals surface area contributed by atoms with Crippen molar-refractivity contribution in [2.45, 2.75) is 59.2 Å². The van der Waals surface area contributed by atoms with Crippen molar-refractivity contribution >= 4 is 11.7 Å². The first kappa shape index (κ1) is 22.0. The van der Waals surface area contributed by atoms with E-state index in [0.717, 1.165) is 45.4 Å². The zero-order chi connectivity index (χ0) is 22.6. The number of aryl methyl sites for hydroxylation is 2. The molecule has 0 aromatic heterocycles. The Bertz CT molecular complexity index is 919. The van der Waals surface area contributed by atoms with Crippen LogP contribution in [0.25, 0.3) is 0 Å². The Morgan fingerprint density at radius 1 is 1.19 bits per heavy atom. The van der Waals surface area contributed by atoms with Crippen LogP contribution in [0.1, 0.15) is 44.2 Å². The van der Waals surface area contributed by atoms with Crippen molar-refractivity contribution in [3.63, 3.8) is 0 Å². The van der Waals surface area contributed by atoms with Gasteiger partial charge in [0.1, 0.15) is 6.10 Å². The lowest BCUT2D eigenvalue weighted by molar-refractivity contribution is -0.145. The molecule has 1 aromatic rings. The highest BCUT2D eigenvalue weighted by Gasteiger charge is 2.59. The molecule has 4 aliphatic rings. The number of hydrogen-bond donors (Lipinski definition) is 1. The highest BCUT2D eigenvalue weighted by molar-refractivity contribution is 5.76. The number of aliphatic hydroxyl groups is 1. The van der Waals surface area contributed by atoms with Crippen molar-refractivity contribution in [2.75, 3.05) is 37.6 Å². The van der Waals surface area contributed by atoms with Gasteiger partial charge in [0.05, 0.1) is 12.0 Å². The maximum Gasteiger partial charge on any atom is 0.311 e. The molecule has 6 atom stereocenters. The fourth-order valence-corrected chi connectivity index (χ4v) is 6.88. The fraction of sp³-hybridized carbons (Fsp3) is 0.667. The largest absolute Gasteiger partial charge is 0.461 e. The topological polar surface area (TPSA) is 53.0 Å². The SMILES string of the molecule is Cc1ccc(N2CCN(CC3C(=O)O[C@@H]4CC5=CCC[C@@H](C)[C@@]5(C)[C@@H](O)[C@H]34)CC2)c(C)c1. The number of carbonyl (C=O) groups is 1. The van der Waals surface area contributed by atoms with Crippen molar-refractivity contribution in [1.29, 1.82) is 0 Å². The molecule has 1 aromatic carbocycles. The van der Waals surface area contributed by atoms with E-state index in [9.17, 15) is 9.90 Å². The van der Waals surface area contributed by atoms with Crippen molar-refractivity contribution in [2.24, 2.45) is 23.2 Å². The molecule has 5 nitrogen and oxygen atoms in total. The number of rotatable bonds is 3. The molecule has 0 bridgehead atoms. The van der Waals surface area contributed by atoms with E-state index in [1.165, 1.54) is 22.4 Å². The fourth-order valence-electron chi connectivity index (χ4n) is 6.88. The van der Waals surface area contributed by atoms with E-state index in [1.807, 2.05) is 0 Å². The van der Waals surface area contributed by atoms with E-state index in [2.05, 4.69) is 61.8 Å². The Hall–Kier alpha value is -1.85. The summed E-state index contributed by atoms with van der Waals surface area (Å²) in [6.45, 7) is 13.3. The molecular weight excluding hydrogens is 400 g/mol. The Kier molecular flexibility index (Phi) is 5.61. The van der Waals surface area contributed by atoms with Gasteiger partial charge in [-0.2, -0.15) is 0 Å². The number of aliphatic hydroxyl groups excluding tert-OH is 1. The first-order chi connectivity index (χ1) is 15.3. The summed E-state index contributed by atoms with van der Waals surface area (Å²) in [6.07, 6.45) is 4.59. The lowest BCUT2D eigenvalue weighted by Crippen LogP contribution is -2.55. The Labute approximate surface area is 192 Å². The quantitative estimate of drug-likeness (QED) is 0.576. The summed E-state index contributed by atoms with van der Waals surface area (Å²) in [6, 6.07) is 6.66. The number of hydrogen-bond acceptors (Lipinski definition) is 5. The lowest BCUT2D eigenvalue weighted by atomic mass is 9.55. The molecule has 1 unspecified atom stereocenters. The number of benzene rings is 1. The molecule has 2 saturated heterocycles. The molecule has 0 amide bonds. The van der Waals surface area contributed by atoms with Crippen LogP contribution in [0.5, 0.6) is 0 Å². The zero-order valence-corrected chi connectivity index (χ0v) is 20.0. The smallest absolute Gasteiger partial charge is 0.311 e. The van der Waals surface area contributed by atoms with Gasteiger partial charge in [-0.1, -0.05) is 43.2 Å². The first-order valence-corrected chi connectivity index (χ1v) is 12.4. The van der Waals surface area contributed by atoms with Gasteiger partial charge in [0.15, 0.2) is 0 Å². The third kappa shape index (κ3) is 3.49. The molecule has 1 N–H and O–H groups in total. The van der Waals surface area contributed by atoms with Crippen LogP contribution in [0.15, 0.2) is 29.8 Å². The number of carbonyl (C=O) groups excluding carboxylic acids is 1. The third-order valence-corrected chi connectivity index (χ3v) is 9.09. The summed E-state index contributed by atoms with van der Waals surface area (Å²) in [5, 5.41) is 11.6. The second-order valence-corrected chi connectivity index (χ2v) is 10.9. The van der Waals surface area contributed by atoms with E-state index in [4.69, 9.17) is 4.74 Å². The van der Waals surface area contributed by atoms with Crippen LogP contribution in [-0.2, 0) is 9.53 Å². The van der Waals surface area contributed by atoms with Gasteiger partial charge in [0.2, 0.25) is 0 Å². The summed E-state index contributed by atoms with van der Waals surface area (Å²) in [5.74, 6) is 0.000175. The Morgan fingerprint density at radius 2 is 1.94 bits per heavy atom. The monoisotopic (exact) mass is 438 g/mol. The number of ether oxygens (including phenoxy) is 1. The lowest BCUT2D eigenvalue weighted by Gasteiger charge is -2.52. The van der Waals surface area contributed by atoms with Gasteiger partial charge in [-0.15, -0.1) is 0 Å². The van der Waals surface area contributed by atoms with Crippen molar-refractivity contribution < 1.29 is 14.6 Å². The van der Waals surface area contributed by atoms with Crippen LogP contribution in [-0.4, -0.2) is 60.9 Å².